The maximum absolute atomic E-state index is 12.6. The highest BCUT2D eigenvalue weighted by Gasteiger charge is 2.30. The van der Waals surface area contributed by atoms with Gasteiger partial charge in [0.05, 0.1) is 5.56 Å². The molecule has 1 saturated heterocycles. The Morgan fingerprint density at radius 2 is 1.93 bits per heavy atom. The lowest BCUT2D eigenvalue weighted by atomic mass is 9.98. The molecule has 28 heavy (non-hydrogen) atoms. The van der Waals surface area contributed by atoms with Crippen molar-refractivity contribution in [3.8, 4) is 0 Å². The van der Waals surface area contributed by atoms with Crippen molar-refractivity contribution in [1.29, 1.82) is 0 Å². The maximum Gasteiger partial charge on any atom is 0.416 e. The molecule has 1 aliphatic rings. The molecule has 1 atom stereocenters. The van der Waals surface area contributed by atoms with E-state index in [0.717, 1.165) is 43.9 Å². The SMILES string of the molecule is CC(Cc1ccc(C(F)(F)F)cc1)C(=O)Nc1nc(C2CCNCC2)nn1C. The lowest BCUT2D eigenvalue weighted by molar-refractivity contribution is -0.137. The van der Waals surface area contributed by atoms with E-state index < -0.39 is 17.7 Å². The molecular weight excluding hydrogens is 371 g/mol. The zero-order valence-corrected chi connectivity index (χ0v) is 15.9. The summed E-state index contributed by atoms with van der Waals surface area (Å²) < 4.78 is 39.5. The van der Waals surface area contributed by atoms with Crippen molar-refractivity contribution >= 4 is 11.9 Å². The zero-order chi connectivity index (χ0) is 20.3. The van der Waals surface area contributed by atoms with E-state index in [2.05, 4.69) is 20.7 Å². The predicted octanol–water partition coefficient (Wildman–Crippen LogP) is 3.12. The number of rotatable bonds is 5. The maximum atomic E-state index is 12.6. The summed E-state index contributed by atoms with van der Waals surface area (Å²) in [7, 11) is 1.73. The molecule has 1 aliphatic heterocycles. The van der Waals surface area contributed by atoms with Crippen LogP contribution in [-0.4, -0.2) is 33.8 Å². The average Bonchev–Trinajstić information content (AvgIpc) is 3.02. The lowest BCUT2D eigenvalue weighted by Crippen LogP contribution is -2.27. The van der Waals surface area contributed by atoms with E-state index in [-0.39, 0.29) is 11.8 Å². The second-order valence-corrected chi connectivity index (χ2v) is 7.23. The number of nitrogens with one attached hydrogen (secondary N) is 2. The first-order chi connectivity index (χ1) is 13.2. The number of hydrogen-bond donors (Lipinski definition) is 2. The number of nitrogens with zero attached hydrogens (tertiary/aromatic N) is 3. The molecule has 0 bridgehead atoms. The Morgan fingerprint density at radius 1 is 1.29 bits per heavy atom. The quantitative estimate of drug-likeness (QED) is 0.816. The van der Waals surface area contributed by atoms with Gasteiger partial charge in [-0.05, 0) is 50.0 Å². The fourth-order valence-electron chi connectivity index (χ4n) is 3.28. The van der Waals surface area contributed by atoms with Crippen LogP contribution >= 0.6 is 0 Å². The topological polar surface area (TPSA) is 71.8 Å². The fourth-order valence-corrected chi connectivity index (χ4v) is 3.28. The van der Waals surface area contributed by atoms with Crippen molar-refractivity contribution in [3.05, 3.63) is 41.2 Å². The number of hydrogen-bond acceptors (Lipinski definition) is 4. The summed E-state index contributed by atoms with van der Waals surface area (Å²) >= 11 is 0. The molecule has 2 aromatic rings. The number of amides is 1. The first-order valence-corrected chi connectivity index (χ1v) is 9.32. The third-order valence-electron chi connectivity index (χ3n) is 4.99. The zero-order valence-electron chi connectivity index (χ0n) is 15.9. The lowest BCUT2D eigenvalue weighted by Gasteiger charge is -2.19. The van der Waals surface area contributed by atoms with Crippen LogP contribution in [0, 0.1) is 5.92 Å². The van der Waals surface area contributed by atoms with E-state index in [1.54, 1.807) is 18.7 Å². The normalized spacial score (nSPS) is 16.8. The van der Waals surface area contributed by atoms with Crippen LogP contribution in [0.15, 0.2) is 24.3 Å². The molecule has 1 aromatic carbocycles. The largest absolute Gasteiger partial charge is 0.416 e. The number of anilines is 1. The van der Waals surface area contributed by atoms with E-state index in [9.17, 15) is 18.0 Å². The molecule has 0 saturated carbocycles. The molecule has 1 fully saturated rings. The van der Waals surface area contributed by atoms with Gasteiger partial charge in [0.25, 0.3) is 0 Å². The number of alkyl halides is 3. The summed E-state index contributed by atoms with van der Waals surface area (Å²) in [4.78, 5) is 17.0. The standard InChI is InChI=1S/C19H24F3N5O/c1-12(11-13-3-5-15(6-4-13)19(20,21)22)17(28)25-18-24-16(26-27(18)2)14-7-9-23-10-8-14/h3-6,12,14,23H,7-11H2,1-2H3,(H,24,25,26,28). The summed E-state index contributed by atoms with van der Waals surface area (Å²) in [5, 5.41) is 10.5. The minimum absolute atomic E-state index is 0.243. The van der Waals surface area contributed by atoms with Crippen LogP contribution in [0.2, 0.25) is 0 Å². The number of aromatic nitrogens is 3. The van der Waals surface area contributed by atoms with Gasteiger partial charge in [-0.2, -0.15) is 23.3 Å². The van der Waals surface area contributed by atoms with Crippen molar-refractivity contribution < 1.29 is 18.0 Å². The van der Waals surface area contributed by atoms with Crippen LogP contribution in [0.25, 0.3) is 0 Å². The van der Waals surface area contributed by atoms with Gasteiger partial charge in [-0.1, -0.05) is 19.1 Å². The van der Waals surface area contributed by atoms with Crippen LogP contribution in [0.4, 0.5) is 19.1 Å². The highest BCUT2D eigenvalue weighted by Crippen LogP contribution is 2.29. The number of aryl methyl sites for hydroxylation is 1. The van der Waals surface area contributed by atoms with Crippen molar-refractivity contribution in [2.75, 3.05) is 18.4 Å². The molecule has 1 aromatic heterocycles. The van der Waals surface area contributed by atoms with Crippen LogP contribution in [0.3, 0.4) is 0 Å². The second kappa shape index (κ2) is 8.30. The number of piperidine rings is 1. The Morgan fingerprint density at radius 3 is 2.54 bits per heavy atom. The van der Waals surface area contributed by atoms with Gasteiger partial charge < -0.3 is 5.32 Å². The van der Waals surface area contributed by atoms with E-state index in [1.807, 2.05) is 0 Å². The first kappa shape index (κ1) is 20.3. The highest BCUT2D eigenvalue weighted by atomic mass is 19.4. The number of benzene rings is 1. The molecule has 3 rings (SSSR count). The highest BCUT2D eigenvalue weighted by molar-refractivity contribution is 5.90. The van der Waals surface area contributed by atoms with Gasteiger partial charge in [0.15, 0.2) is 5.82 Å². The molecule has 0 radical (unpaired) electrons. The van der Waals surface area contributed by atoms with Gasteiger partial charge >= 0.3 is 6.18 Å². The Kier molecular flexibility index (Phi) is 6.02. The second-order valence-electron chi connectivity index (χ2n) is 7.23. The van der Waals surface area contributed by atoms with Gasteiger partial charge in [0.2, 0.25) is 11.9 Å². The first-order valence-electron chi connectivity index (χ1n) is 9.32. The van der Waals surface area contributed by atoms with Gasteiger partial charge in [0, 0.05) is 18.9 Å². The molecule has 1 unspecified atom stereocenters. The summed E-state index contributed by atoms with van der Waals surface area (Å²) in [6.07, 6.45) is -2.11. The summed E-state index contributed by atoms with van der Waals surface area (Å²) in [6.45, 7) is 3.58. The molecule has 0 aliphatic carbocycles. The molecule has 9 heteroatoms. The Labute approximate surface area is 161 Å². The third-order valence-corrected chi connectivity index (χ3v) is 4.99. The van der Waals surface area contributed by atoms with Crippen molar-refractivity contribution in [2.24, 2.45) is 13.0 Å². The summed E-state index contributed by atoms with van der Waals surface area (Å²) in [5.41, 5.74) is -0.0260. The van der Waals surface area contributed by atoms with Crippen LogP contribution in [0.1, 0.15) is 42.6 Å². The van der Waals surface area contributed by atoms with Crippen LogP contribution in [0.5, 0.6) is 0 Å². The molecule has 1 amide bonds. The van der Waals surface area contributed by atoms with E-state index in [0.29, 0.717) is 17.9 Å². The Hall–Kier alpha value is -2.42. The smallest absolute Gasteiger partial charge is 0.317 e. The van der Waals surface area contributed by atoms with E-state index in [4.69, 9.17) is 0 Å². The Bertz CT molecular complexity index is 810. The predicted molar refractivity (Wildman–Crippen MR) is 98.8 cm³/mol. The minimum Gasteiger partial charge on any atom is -0.317 e. The summed E-state index contributed by atoms with van der Waals surface area (Å²) in [6, 6.07) is 4.89. The van der Waals surface area contributed by atoms with Crippen molar-refractivity contribution in [1.82, 2.24) is 20.1 Å². The molecule has 0 spiro atoms. The molecule has 152 valence electrons. The Balaban J connectivity index is 1.60. The van der Waals surface area contributed by atoms with Gasteiger partial charge in [0.1, 0.15) is 0 Å². The van der Waals surface area contributed by atoms with Gasteiger partial charge in [-0.15, -0.1) is 0 Å². The number of carbonyl (C=O) groups excluding carboxylic acids is 1. The molecular formula is C19H24F3N5O. The van der Waals surface area contributed by atoms with E-state index >= 15 is 0 Å². The van der Waals surface area contributed by atoms with Gasteiger partial charge in [-0.3, -0.25) is 10.1 Å². The van der Waals surface area contributed by atoms with Crippen LogP contribution in [-0.2, 0) is 24.4 Å². The van der Waals surface area contributed by atoms with Gasteiger partial charge in [-0.25, -0.2) is 4.68 Å². The van der Waals surface area contributed by atoms with Crippen LogP contribution < -0.4 is 10.6 Å². The van der Waals surface area contributed by atoms with E-state index in [1.165, 1.54) is 12.1 Å². The summed E-state index contributed by atoms with van der Waals surface area (Å²) in [5.74, 6) is 0.734. The molecule has 2 heterocycles. The average molecular weight is 395 g/mol. The third kappa shape index (κ3) is 4.89. The number of carbonyl (C=O) groups is 1. The van der Waals surface area contributed by atoms with Crippen molar-refractivity contribution in [2.45, 2.75) is 38.3 Å². The molecule has 6 nitrogen and oxygen atoms in total. The molecule has 2 N–H and O–H groups in total. The van der Waals surface area contributed by atoms with Crippen molar-refractivity contribution in [3.63, 3.8) is 0 Å². The minimum atomic E-state index is -4.36. The monoisotopic (exact) mass is 395 g/mol. The number of halogens is 3. The fraction of sp³-hybridized carbons (Fsp3) is 0.526.